The van der Waals surface area contributed by atoms with Gasteiger partial charge in [0.05, 0.1) is 36.6 Å². The van der Waals surface area contributed by atoms with Crippen molar-refractivity contribution in [3.8, 4) is 11.1 Å². The van der Waals surface area contributed by atoms with Gasteiger partial charge in [0.1, 0.15) is 5.82 Å². The molecule has 0 atom stereocenters. The first-order chi connectivity index (χ1) is 13.7. The van der Waals surface area contributed by atoms with E-state index in [2.05, 4.69) is 38.2 Å². The second kappa shape index (κ2) is 6.60. The molecule has 4 aromatic rings. The molecule has 28 heavy (non-hydrogen) atoms. The summed E-state index contributed by atoms with van der Waals surface area (Å²) in [5.74, 6) is 0.609. The lowest BCUT2D eigenvalue weighted by molar-refractivity contribution is -0.148. The van der Waals surface area contributed by atoms with Crippen LogP contribution in [0.2, 0.25) is 0 Å². The molecule has 7 nitrogen and oxygen atoms in total. The summed E-state index contributed by atoms with van der Waals surface area (Å²) in [6, 6.07) is 8.29. The number of aromatic nitrogens is 4. The Hall–Kier alpha value is -3.48. The van der Waals surface area contributed by atoms with E-state index in [0.29, 0.717) is 19.7 Å². The fraction of sp³-hybridized carbons (Fsp3) is 0.238. The molecule has 4 heterocycles. The zero-order valence-corrected chi connectivity index (χ0v) is 15.4. The van der Waals surface area contributed by atoms with Gasteiger partial charge in [0.2, 0.25) is 0 Å². The van der Waals surface area contributed by atoms with Crippen molar-refractivity contribution in [2.45, 2.75) is 6.92 Å². The van der Waals surface area contributed by atoms with E-state index in [1.54, 1.807) is 6.20 Å². The molecule has 7 heteroatoms. The van der Waals surface area contributed by atoms with Crippen LogP contribution in [-0.2, 0) is 9.53 Å². The van der Waals surface area contributed by atoms with Crippen LogP contribution >= 0.6 is 0 Å². The highest BCUT2D eigenvalue weighted by Crippen LogP contribution is 2.29. The molecule has 0 amide bonds. The molecule has 0 spiro atoms. The number of ether oxygens (including phenoxy) is 1. The molecule has 0 radical (unpaired) electrons. The lowest BCUT2D eigenvalue weighted by Crippen LogP contribution is -2.51. The molecule has 3 aromatic heterocycles. The maximum absolute atomic E-state index is 11.8. The van der Waals surface area contributed by atoms with Crippen LogP contribution in [-0.4, -0.2) is 45.2 Å². The third kappa shape index (κ3) is 2.76. The lowest BCUT2D eigenvalue weighted by atomic mass is 10.0. The predicted molar refractivity (Wildman–Crippen MR) is 106 cm³/mol. The topological polar surface area (TPSA) is 72.6 Å². The Morgan fingerprint density at radius 3 is 2.93 bits per heavy atom. The van der Waals surface area contributed by atoms with Gasteiger partial charge in [0, 0.05) is 36.4 Å². The van der Waals surface area contributed by atoms with E-state index < -0.39 is 0 Å². The zero-order valence-electron chi connectivity index (χ0n) is 15.4. The van der Waals surface area contributed by atoms with Crippen LogP contribution in [0.15, 0.2) is 55.2 Å². The summed E-state index contributed by atoms with van der Waals surface area (Å²) in [7, 11) is 0. The van der Waals surface area contributed by atoms with Gasteiger partial charge >= 0.3 is 5.97 Å². The molecular weight excluding hydrogens is 354 g/mol. The number of esters is 1. The van der Waals surface area contributed by atoms with Crippen LogP contribution in [0.4, 0.5) is 5.82 Å². The number of benzene rings is 1. The highest BCUT2D eigenvalue weighted by Gasteiger charge is 2.34. The summed E-state index contributed by atoms with van der Waals surface area (Å²) in [5, 5.41) is 6.76. The van der Waals surface area contributed by atoms with Gasteiger partial charge in [0.15, 0.2) is 0 Å². The maximum Gasteiger partial charge on any atom is 0.312 e. The van der Waals surface area contributed by atoms with E-state index in [9.17, 15) is 4.79 Å². The number of carbonyl (C=O) groups excluding carboxylic acids is 1. The monoisotopic (exact) mass is 373 g/mol. The summed E-state index contributed by atoms with van der Waals surface area (Å²) in [5.41, 5.74) is 3.07. The third-order valence-corrected chi connectivity index (χ3v) is 5.17. The molecule has 0 unspecified atom stereocenters. The van der Waals surface area contributed by atoms with Crippen LogP contribution in [0.3, 0.4) is 0 Å². The van der Waals surface area contributed by atoms with Crippen molar-refractivity contribution in [1.82, 2.24) is 19.6 Å². The SMILES string of the molecule is CCOC(=O)C1CN(c2cn3ncc(-c4ccc5cnccc5c4)c3cn2)C1. The van der Waals surface area contributed by atoms with E-state index >= 15 is 0 Å². The van der Waals surface area contributed by atoms with E-state index in [4.69, 9.17) is 4.74 Å². The normalized spacial score (nSPS) is 14.4. The van der Waals surface area contributed by atoms with Gasteiger partial charge < -0.3 is 9.64 Å². The third-order valence-electron chi connectivity index (χ3n) is 5.17. The molecule has 0 aliphatic carbocycles. The minimum absolute atomic E-state index is 0.0716. The summed E-state index contributed by atoms with van der Waals surface area (Å²) < 4.78 is 6.91. The van der Waals surface area contributed by atoms with Gasteiger partial charge in [-0.25, -0.2) is 9.50 Å². The molecule has 0 saturated carbocycles. The molecule has 0 bridgehead atoms. The Morgan fingerprint density at radius 2 is 2.07 bits per heavy atom. The summed E-state index contributed by atoms with van der Waals surface area (Å²) in [6.07, 6.45) is 9.27. The standard InChI is InChI=1S/C21H19N5O2/c1-2-28-21(27)17-11-25(12-17)20-13-26-19(10-23-20)18(9-24-26)15-3-4-16-8-22-6-5-14(16)7-15/h3-10,13,17H,2,11-12H2,1H3. The van der Waals surface area contributed by atoms with Gasteiger partial charge in [-0.1, -0.05) is 12.1 Å². The number of pyridine rings is 1. The van der Waals surface area contributed by atoms with Crippen LogP contribution in [0.1, 0.15) is 6.92 Å². The van der Waals surface area contributed by atoms with Crippen molar-refractivity contribution in [1.29, 1.82) is 0 Å². The van der Waals surface area contributed by atoms with Gasteiger partial charge in [-0.05, 0) is 30.0 Å². The maximum atomic E-state index is 11.8. The number of anilines is 1. The van der Waals surface area contributed by atoms with E-state index in [-0.39, 0.29) is 11.9 Å². The van der Waals surface area contributed by atoms with E-state index in [1.165, 1.54) is 0 Å². The smallest absolute Gasteiger partial charge is 0.312 e. The summed E-state index contributed by atoms with van der Waals surface area (Å²) in [4.78, 5) is 22.6. The number of fused-ring (bicyclic) bond motifs is 2. The van der Waals surface area contributed by atoms with Crippen molar-refractivity contribution in [2.75, 3.05) is 24.6 Å². The van der Waals surface area contributed by atoms with E-state index in [0.717, 1.165) is 33.2 Å². The van der Waals surface area contributed by atoms with Crippen LogP contribution in [0.25, 0.3) is 27.4 Å². The molecule has 5 rings (SSSR count). The highest BCUT2D eigenvalue weighted by atomic mass is 16.5. The average molecular weight is 373 g/mol. The Morgan fingerprint density at radius 1 is 1.18 bits per heavy atom. The lowest BCUT2D eigenvalue weighted by Gasteiger charge is -2.38. The number of rotatable bonds is 4. The highest BCUT2D eigenvalue weighted by molar-refractivity contribution is 5.89. The van der Waals surface area contributed by atoms with Crippen LogP contribution < -0.4 is 4.90 Å². The molecular formula is C21H19N5O2. The fourth-order valence-corrected chi connectivity index (χ4v) is 3.58. The summed E-state index contributed by atoms with van der Waals surface area (Å²) >= 11 is 0. The van der Waals surface area contributed by atoms with Crippen LogP contribution in [0, 0.1) is 5.92 Å². The summed E-state index contributed by atoms with van der Waals surface area (Å²) in [6.45, 7) is 3.50. The first-order valence-corrected chi connectivity index (χ1v) is 9.32. The molecule has 1 aliphatic rings. The molecule has 1 saturated heterocycles. The van der Waals surface area contributed by atoms with Crippen molar-refractivity contribution in [3.63, 3.8) is 0 Å². The second-order valence-electron chi connectivity index (χ2n) is 6.93. The Kier molecular flexibility index (Phi) is 3.93. The Bertz CT molecular complexity index is 1180. The number of hydrogen-bond donors (Lipinski definition) is 0. The van der Waals surface area contributed by atoms with Crippen LogP contribution in [0.5, 0.6) is 0 Å². The Labute approximate surface area is 161 Å². The average Bonchev–Trinajstić information content (AvgIpc) is 3.10. The van der Waals surface area contributed by atoms with Gasteiger partial charge in [-0.3, -0.25) is 9.78 Å². The van der Waals surface area contributed by atoms with Crippen molar-refractivity contribution < 1.29 is 9.53 Å². The molecule has 1 aromatic carbocycles. The Balaban J connectivity index is 1.41. The number of carbonyl (C=O) groups is 1. The van der Waals surface area contributed by atoms with E-state index in [1.807, 2.05) is 42.3 Å². The first kappa shape index (κ1) is 16.7. The number of hydrogen-bond acceptors (Lipinski definition) is 6. The number of nitrogens with zero attached hydrogens (tertiary/aromatic N) is 5. The van der Waals surface area contributed by atoms with Crippen molar-refractivity contribution in [2.24, 2.45) is 5.92 Å². The largest absolute Gasteiger partial charge is 0.466 e. The first-order valence-electron chi connectivity index (χ1n) is 9.32. The predicted octanol–water partition coefficient (Wildman–Crippen LogP) is 2.94. The quantitative estimate of drug-likeness (QED) is 0.512. The minimum Gasteiger partial charge on any atom is -0.466 e. The van der Waals surface area contributed by atoms with Gasteiger partial charge in [-0.15, -0.1) is 0 Å². The molecule has 140 valence electrons. The second-order valence-corrected chi connectivity index (χ2v) is 6.93. The van der Waals surface area contributed by atoms with Gasteiger partial charge in [0.25, 0.3) is 0 Å². The van der Waals surface area contributed by atoms with Gasteiger partial charge in [-0.2, -0.15) is 5.10 Å². The fourth-order valence-electron chi connectivity index (χ4n) is 3.58. The molecule has 1 aliphatic heterocycles. The molecule has 0 N–H and O–H groups in total. The van der Waals surface area contributed by atoms with Crippen molar-refractivity contribution in [3.05, 3.63) is 55.2 Å². The van der Waals surface area contributed by atoms with Crippen molar-refractivity contribution >= 4 is 28.1 Å². The molecule has 1 fully saturated rings. The zero-order chi connectivity index (χ0) is 19.1. The minimum atomic E-state index is -0.132.